The Labute approximate surface area is 164 Å². The van der Waals surface area contributed by atoms with Crippen molar-refractivity contribution in [3.8, 4) is 0 Å². The lowest BCUT2D eigenvalue weighted by Gasteiger charge is -2.39. The van der Waals surface area contributed by atoms with Crippen molar-refractivity contribution in [1.82, 2.24) is 4.90 Å². The number of carbonyl (C=O) groups excluding carboxylic acids is 1. The van der Waals surface area contributed by atoms with Crippen LogP contribution in [-0.4, -0.2) is 35.5 Å². The standard InChI is InChI=1S/C23H22N2O3/c26-20-23(13-16-5-1-2-6-17(16)14-23)28-21(24-20)25-11-9-22(10-12-25)19-8-4-3-7-18(19)15-27-22/h1-8H,9-15H2. The molecule has 28 heavy (non-hydrogen) atoms. The number of carbonyl (C=O) groups is 1. The third kappa shape index (κ3) is 2.23. The van der Waals surface area contributed by atoms with Gasteiger partial charge in [-0.15, -0.1) is 0 Å². The summed E-state index contributed by atoms with van der Waals surface area (Å²) >= 11 is 0. The minimum Gasteiger partial charge on any atom is -0.447 e. The molecule has 0 atom stereocenters. The molecular formula is C23H22N2O3. The smallest absolute Gasteiger partial charge is 0.296 e. The van der Waals surface area contributed by atoms with E-state index in [-0.39, 0.29) is 11.5 Å². The fourth-order valence-corrected chi connectivity index (χ4v) is 5.23. The molecule has 1 amide bonds. The number of hydrogen-bond acceptors (Lipinski definition) is 4. The van der Waals surface area contributed by atoms with Gasteiger partial charge in [-0.05, 0) is 35.1 Å². The number of hydrogen-bond donors (Lipinski definition) is 0. The van der Waals surface area contributed by atoms with Gasteiger partial charge in [-0.2, -0.15) is 4.99 Å². The van der Waals surface area contributed by atoms with Gasteiger partial charge in [0.05, 0.1) is 12.2 Å². The number of nitrogens with zero attached hydrogens (tertiary/aromatic N) is 2. The lowest BCUT2D eigenvalue weighted by Crippen LogP contribution is -2.47. The van der Waals surface area contributed by atoms with Crippen LogP contribution in [0.4, 0.5) is 0 Å². The second kappa shape index (κ2) is 5.67. The Morgan fingerprint density at radius 1 is 0.857 bits per heavy atom. The number of piperidine rings is 1. The van der Waals surface area contributed by atoms with Gasteiger partial charge in [-0.1, -0.05) is 48.5 Å². The molecule has 3 heterocycles. The molecule has 0 unspecified atom stereocenters. The Morgan fingerprint density at radius 3 is 2.21 bits per heavy atom. The van der Waals surface area contributed by atoms with Gasteiger partial charge in [-0.25, -0.2) is 0 Å². The highest BCUT2D eigenvalue weighted by Crippen LogP contribution is 2.45. The summed E-state index contributed by atoms with van der Waals surface area (Å²) in [5.74, 6) is -0.138. The first kappa shape index (κ1) is 16.3. The van der Waals surface area contributed by atoms with Crippen LogP contribution in [0.3, 0.4) is 0 Å². The number of rotatable bonds is 0. The zero-order valence-corrected chi connectivity index (χ0v) is 15.7. The summed E-state index contributed by atoms with van der Waals surface area (Å²) in [5, 5.41) is 0. The van der Waals surface area contributed by atoms with Gasteiger partial charge >= 0.3 is 0 Å². The summed E-state index contributed by atoms with van der Waals surface area (Å²) in [5.41, 5.74) is 3.98. The van der Waals surface area contributed by atoms with Crippen LogP contribution in [0, 0.1) is 0 Å². The Morgan fingerprint density at radius 2 is 1.50 bits per heavy atom. The maximum Gasteiger partial charge on any atom is 0.296 e. The average molecular weight is 374 g/mol. The summed E-state index contributed by atoms with van der Waals surface area (Å²) in [6.07, 6.45) is 2.99. The van der Waals surface area contributed by atoms with Crippen LogP contribution in [0.1, 0.15) is 35.1 Å². The fourth-order valence-electron chi connectivity index (χ4n) is 5.23. The summed E-state index contributed by atoms with van der Waals surface area (Å²) in [6, 6.07) is 17.2. The topological polar surface area (TPSA) is 51.1 Å². The van der Waals surface area contributed by atoms with Crippen LogP contribution >= 0.6 is 0 Å². The van der Waals surface area contributed by atoms with Gasteiger partial charge in [-0.3, -0.25) is 4.79 Å². The molecule has 1 aliphatic carbocycles. The van der Waals surface area contributed by atoms with Crippen molar-refractivity contribution in [3.05, 3.63) is 70.8 Å². The molecule has 0 saturated carbocycles. The van der Waals surface area contributed by atoms with Crippen LogP contribution in [-0.2, 0) is 39.3 Å². The molecule has 4 aliphatic rings. The van der Waals surface area contributed by atoms with Crippen LogP contribution in [0.5, 0.6) is 0 Å². The molecule has 2 aromatic carbocycles. The summed E-state index contributed by atoms with van der Waals surface area (Å²) in [7, 11) is 0. The van der Waals surface area contributed by atoms with Gasteiger partial charge < -0.3 is 14.4 Å². The number of ether oxygens (including phenoxy) is 2. The Balaban J connectivity index is 1.19. The first-order chi connectivity index (χ1) is 13.7. The lowest BCUT2D eigenvalue weighted by atomic mass is 9.84. The van der Waals surface area contributed by atoms with E-state index in [0.717, 1.165) is 25.9 Å². The van der Waals surface area contributed by atoms with Crippen molar-refractivity contribution in [1.29, 1.82) is 0 Å². The molecule has 5 heteroatoms. The molecule has 0 radical (unpaired) electrons. The van der Waals surface area contributed by atoms with Crippen molar-refractivity contribution < 1.29 is 14.3 Å². The third-order valence-corrected chi connectivity index (χ3v) is 6.80. The minimum atomic E-state index is -0.829. The van der Waals surface area contributed by atoms with Crippen LogP contribution in [0.25, 0.3) is 0 Å². The van der Waals surface area contributed by atoms with Gasteiger partial charge in [0.15, 0.2) is 0 Å². The van der Waals surface area contributed by atoms with E-state index in [9.17, 15) is 4.79 Å². The Hall–Kier alpha value is -2.66. The van der Waals surface area contributed by atoms with Crippen LogP contribution in [0.15, 0.2) is 53.5 Å². The van der Waals surface area contributed by atoms with E-state index >= 15 is 0 Å². The highest BCUT2D eigenvalue weighted by molar-refractivity contribution is 6.02. The number of benzene rings is 2. The van der Waals surface area contributed by atoms with Gasteiger partial charge in [0, 0.05) is 25.9 Å². The van der Waals surface area contributed by atoms with E-state index < -0.39 is 5.60 Å². The van der Waals surface area contributed by atoms with E-state index in [1.807, 2.05) is 12.1 Å². The highest BCUT2D eigenvalue weighted by Gasteiger charge is 2.52. The van der Waals surface area contributed by atoms with Gasteiger partial charge in [0.2, 0.25) is 5.60 Å². The minimum absolute atomic E-state index is 0.138. The molecule has 1 fully saturated rings. The maximum atomic E-state index is 12.8. The van der Waals surface area contributed by atoms with Gasteiger partial charge in [0.1, 0.15) is 0 Å². The van der Waals surface area contributed by atoms with Crippen molar-refractivity contribution in [3.63, 3.8) is 0 Å². The van der Waals surface area contributed by atoms with Crippen molar-refractivity contribution in [2.75, 3.05) is 13.1 Å². The molecule has 5 nitrogen and oxygen atoms in total. The second-order valence-corrected chi connectivity index (χ2v) is 8.35. The largest absolute Gasteiger partial charge is 0.447 e. The zero-order valence-electron chi connectivity index (χ0n) is 15.7. The maximum absolute atomic E-state index is 12.8. The van der Waals surface area contributed by atoms with E-state index in [1.165, 1.54) is 22.3 Å². The Kier molecular flexibility index (Phi) is 3.30. The monoisotopic (exact) mass is 374 g/mol. The van der Waals surface area contributed by atoms with E-state index in [2.05, 4.69) is 46.3 Å². The average Bonchev–Trinajstić information content (AvgIpc) is 3.37. The van der Waals surface area contributed by atoms with Gasteiger partial charge in [0.25, 0.3) is 11.9 Å². The summed E-state index contributed by atoms with van der Waals surface area (Å²) < 4.78 is 12.5. The first-order valence-corrected chi connectivity index (χ1v) is 10.0. The van der Waals surface area contributed by atoms with E-state index in [0.29, 0.717) is 25.5 Å². The predicted molar refractivity (Wildman–Crippen MR) is 104 cm³/mol. The predicted octanol–water partition coefficient (Wildman–Crippen LogP) is 2.96. The summed E-state index contributed by atoms with van der Waals surface area (Å²) in [4.78, 5) is 19.2. The van der Waals surface area contributed by atoms with Crippen molar-refractivity contribution >= 4 is 11.9 Å². The molecule has 1 saturated heterocycles. The molecule has 0 bridgehead atoms. The molecule has 0 N–H and O–H groups in total. The number of amidine groups is 1. The summed E-state index contributed by atoms with van der Waals surface area (Å²) in [6.45, 7) is 2.25. The van der Waals surface area contributed by atoms with Crippen LogP contribution < -0.4 is 0 Å². The highest BCUT2D eigenvalue weighted by atomic mass is 16.5. The molecule has 2 spiro atoms. The number of fused-ring (bicyclic) bond motifs is 3. The first-order valence-electron chi connectivity index (χ1n) is 10.0. The molecule has 3 aliphatic heterocycles. The number of aliphatic imine (C=N–C) groups is 1. The normalized spacial score (nSPS) is 23.6. The van der Waals surface area contributed by atoms with E-state index in [4.69, 9.17) is 9.47 Å². The molecule has 0 aromatic heterocycles. The number of amides is 1. The lowest BCUT2D eigenvalue weighted by molar-refractivity contribution is -0.130. The fraction of sp³-hybridized carbons (Fsp3) is 0.391. The van der Waals surface area contributed by atoms with E-state index in [1.54, 1.807) is 0 Å². The third-order valence-electron chi connectivity index (χ3n) is 6.80. The molecular weight excluding hydrogens is 352 g/mol. The van der Waals surface area contributed by atoms with Crippen molar-refractivity contribution in [2.24, 2.45) is 4.99 Å². The quantitative estimate of drug-likeness (QED) is 0.711. The Bertz CT molecular complexity index is 979. The second-order valence-electron chi connectivity index (χ2n) is 8.35. The SMILES string of the molecule is O=C1N=C(N2CCC3(CC2)OCc2ccccc23)OC12Cc1ccccc1C2. The molecule has 2 aromatic rings. The zero-order chi connectivity index (χ0) is 18.8. The van der Waals surface area contributed by atoms with Crippen molar-refractivity contribution in [2.45, 2.75) is 43.5 Å². The number of likely N-dealkylation sites (tertiary alicyclic amines) is 1. The molecule has 6 rings (SSSR count). The van der Waals surface area contributed by atoms with Crippen LogP contribution in [0.2, 0.25) is 0 Å². The molecule has 142 valence electrons.